The number of carbonyl (C=O) groups excluding carboxylic acids is 1. The van der Waals surface area contributed by atoms with E-state index < -0.39 is 0 Å². The van der Waals surface area contributed by atoms with Crippen molar-refractivity contribution in [1.82, 2.24) is 9.88 Å². The molecule has 0 N–H and O–H groups in total. The molecule has 0 aromatic carbocycles. The maximum atomic E-state index is 12.1. The maximum Gasteiger partial charge on any atom is 0.255 e. The van der Waals surface area contributed by atoms with E-state index in [1.807, 2.05) is 0 Å². The molecule has 1 aromatic rings. The molecule has 0 aliphatic carbocycles. The molecule has 88 valence electrons. The lowest BCUT2D eigenvalue weighted by molar-refractivity contribution is 0.0698. The lowest BCUT2D eigenvalue weighted by atomic mass is 9.99. The third-order valence-electron chi connectivity index (χ3n) is 2.87. The molecule has 1 aromatic heterocycles. The van der Waals surface area contributed by atoms with Gasteiger partial charge in [-0.1, -0.05) is 11.6 Å². The number of hydrogen-bond acceptors (Lipinski definition) is 3. The van der Waals surface area contributed by atoms with Crippen LogP contribution in [0, 0.1) is 17.2 Å². The van der Waals surface area contributed by atoms with Crippen LogP contribution in [0.25, 0.3) is 0 Å². The normalized spacial score (nSPS) is 19.8. The number of amides is 1. The first-order chi connectivity index (χ1) is 8.20. The van der Waals surface area contributed by atoms with E-state index in [0.717, 1.165) is 12.8 Å². The van der Waals surface area contributed by atoms with Crippen LogP contribution in [0.1, 0.15) is 23.2 Å². The number of piperidine rings is 1. The topological polar surface area (TPSA) is 57.0 Å². The van der Waals surface area contributed by atoms with Crippen molar-refractivity contribution in [2.45, 2.75) is 12.8 Å². The van der Waals surface area contributed by atoms with Crippen molar-refractivity contribution in [2.75, 3.05) is 13.1 Å². The highest BCUT2D eigenvalue weighted by Crippen LogP contribution is 2.18. The Balaban J connectivity index is 2.09. The average molecular weight is 250 g/mol. The second kappa shape index (κ2) is 5.15. The Hall–Kier alpha value is -1.60. The lowest BCUT2D eigenvalue weighted by Gasteiger charge is -2.29. The zero-order valence-corrected chi connectivity index (χ0v) is 10.0. The summed E-state index contributed by atoms with van der Waals surface area (Å²) in [6.07, 6.45) is 3.23. The zero-order chi connectivity index (χ0) is 12.3. The minimum atomic E-state index is -0.0749. The van der Waals surface area contributed by atoms with Gasteiger partial charge in [-0.05, 0) is 25.0 Å². The molecule has 1 amide bonds. The van der Waals surface area contributed by atoms with Crippen molar-refractivity contribution >= 4 is 17.5 Å². The van der Waals surface area contributed by atoms with E-state index in [-0.39, 0.29) is 11.8 Å². The molecule has 1 unspecified atom stereocenters. The number of pyridine rings is 1. The highest BCUT2D eigenvalue weighted by Gasteiger charge is 2.24. The lowest BCUT2D eigenvalue weighted by Crippen LogP contribution is -2.39. The van der Waals surface area contributed by atoms with E-state index in [0.29, 0.717) is 23.8 Å². The standard InChI is InChI=1S/C12H12ClN3O/c13-11-4-3-10(7-15-11)12(17)16-5-1-2-9(6-14)8-16/h3-4,7,9H,1-2,5,8H2. The fourth-order valence-electron chi connectivity index (χ4n) is 1.95. The van der Waals surface area contributed by atoms with Crippen molar-refractivity contribution in [3.63, 3.8) is 0 Å². The van der Waals surface area contributed by atoms with Gasteiger partial charge in [0.2, 0.25) is 0 Å². The van der Waals surface area contributed by atoms with E-state index in [4.69, 9.17) is 16.9 Å². The Morgan fingerprint density at radius 3 is 3.06 bits per heavy atom. The first-order valence-corrected chi connectivity index (χ1v) is 5.89. The molecule has 1 saturated heterocycles. The molecule has 1 aliphatic rings. The molecule has 0 saturated carbocycles. The molecule has 1 atom stereocenters. The number of rotatable bonds is 1. The number of carbonyl (C=O) groups is 1. The summed E-state index contributed by atoms with van der Waals surface area (Å²) < 4.78 is 0. The van der Waals surface area contributed by atoms with Crippen LogP contribution in [0.15, 0.2) is 18.3 Å². The van der Waals surface area contributed by atoms with Crippen LogP contribution in [-0.4, -0.2) is 28.9 Å². The van der Waals surface area contributed by atoms with Gasteiger partial charge in [0.05, 0.1) is 17.6 Å². The molecule has 2 heterocycles. The third-order valence-corrected chi connectivity index (χ3v) is 3.09. The molecule has 5 heteroatoms. The monoisotopic (exact) mass is 249 g/mol. The Labute approximate surface area is 105 Å². The van der Waals surface area contributed by atoms with Crippen LogP contribution >= 0.6 is 11.6 Å². The Bertz CT molecular complexity index is 452. The molecule has 0 bridgehead atoms. The van der Waals surface area contributed by atoms with Gasteiger partial charge in [-0.3, -0.25) is 4.79 Å². The number of nitriles is 1. The van der Waals surface area contributed by atoms with Crippen LogP contribution in [0.3, 0.4) is 0 Å². The molecule has 2 rings (SSSR count). The van der Waals surface area contributed by atoms with Crippen molar-refractivity contribution in [2.24, 2.45) is 5.92 Å². The van der Waals surface area contributed by atoms with Gasteiger partial charge in [-0.15, -0.1) is 0 Å². The van der Waals surface area contributed by atoms with E-state index >= 15 is 0 Å². The molecule has 4 nitrogen and oxygen atoms in total. The highest BCUT2D eigenvalue weighted by atomic mass is 35.5. The van der Waals surface area contributed by atoms with Gasteiger partial charge in [-0.2, -0.15) is 5.26 Å². The predicted octanol–water partition coefficient (Wildman–Crippen LogP) is 2.11. The Morgan fingerprint density at radius 2 is 2.41 bits per heavy atom. The van der Waals surface area contributed by atoms with Crippen LogP contribution in [0.5, 0.6) is 0 Å². The minimum absolute atomic E-state index is 0.0482. The highest BCUT2D eigenvalue weighted by molar-refractivity contribution is 6.29. The number of nitrogens with zero attached hydrogens (tertiary/aromatic N) is 3. The van der Waals surface area contributed by atoms with Crippen molar-refractivity contribution < 1.29 is 4.79 Å². The maximum absolute atomic E-state index is 12.1. The van der Waals surface area contributed by atoms with Gasteiger partial charge in [0.1, 0.15) is 5.15 Å². The molecule has 0 radical (unpaired) electrons. The molecular weight excluding hydrogens is 238 g/mol. The van der Waals surface area contributed by atoms with Gasteiger partial charge < -0.3 is 4.90 Å². The van der Waals surface area contributed by atoms with Gasteiger partial charge in [0, 0.05) is 19.3 Å². The molecule has 17 heavy (non-hydrogen) atoms. The molecular formula is C12H12ClN3O. The summed E-state index contributed by atoms with van der Waals surface area (Å²) in [5, 5.41) is 9.25. The smallest absolute Gasteiger partial charge is 0.255 e. The second-order valence-electron chi connectivity index (χ2n) is 4.09. The fraction of sp³-hybridized carbons (Fsp3) is 0.417. The van der Waals surface area contributed by atoms with Crippen LogP contribution in [0.2, 0.25) is 5.15 Å². The Morgan fingerprint density at radius 1 is 1.59 bits per heavy atom. The average Bonchev–Trinajstić information content (AvgIpc) is 2.39. The van der Waals surface area contributed by atoms with Gasteiger partial charge in [0.25, 0.3) is 5.91 Å². The van der Waals surface area contributed by atoms with Crippen LogP contribution < -0.4 is 0 Å². The zero-order valence-electron chi connectivity index (χ0n) is 9.27. The van der Waals surface area contributed by atoms with Gasteiger partial charge >= 0.3 is 0 Å². The summed E-state index contributed by atoms with van der Waals surface area (Å²) in [6, 6.07) is 5.48. The van der Waals surface area contributed by atoms with Crippen molar-refractivity contribution in [3.8, 4) is 6.07 Å². The van der Waals surface area contributed by atoms with Gasteiger partial charge in [-0.25, -0.2) is 4.98 Å². The summed E-state index contributed by atoms with van der Waals surface area (Å²) in [7, 11) is 0. The van der Waals surface area contributed by atoms with E-state index in [9.17, 15) is 4.79 Å². The summed E-state index contributed by atoms with van der Waals surface area (Å²) >= 11 is 5.67. The first kappa shape index (κ1) is 11.9. The third kappa shape index (κ3) is 2.75. The minimum Gasteiger partial charge on any atom is -0.337 e. The fourth-order valence-corrected chi connectivity index (χ4v) is 2.06. The summed E-state index contributed by atoms with van der Waals surface area (Å²) in [6.45, 7) is 1.22. The van der Waals surface area contributed by atoms with Crippen LogP contribution in [0.4, 0.5) is 0 Å². The molecule has 1 aliphatic heterocycles. The summed E-state index contributed by atoms with van der Waals surface area (Å²) in [4.78, 5) is 17.7. The number of likely N-dealkylation sites (tertiary alicyclic amines) is 1. The second-order valence-corrected chi connectivity index (χ2v) is 4.48. The van der Waals surface area contributed by atoms with E-state index in [1.54, 1.807) is 17.0 Å². The van der Waals surface area contributed by atoms with E-state index in [1.165, 1.54) is 6.20 Å². The van der Waals surface area contributed by atoms with Crippen molar-refractivity contribution in [3.05, 3.63) is 29.0 Å². The summed E-state index contributed by atoms with van der Waals surface area (Å²) in [5.74, 6) is -0.123. The largest absolute Gasteiger partial charge is 0.337 e. The van der Waals surface area contributed by atoms with Gasteiger partial charge in [0.15, 0.2) is 0 Å². The quantitative estimate of drug-likeness (QED) is 0.717. The number of halogens is 1. The summed E-state index contributed by atoms with van der Waals surface area (Å²) in [5.41, 5.74) is 0.521. The van der Waals surface area contributed by atoms with Crippen molar-refractivity contribution in [1.29, 1.82) is 5.26 Å². The SMILES string of the molecule is N#CC1CCCN(C(=O)c2ccc(Cl)nc2)C1. The first-order valence-electron chi connectivity index (χ1n) is 5.51. The molecule has 0 spiro atoms. The van der Waals surface area contributed by atoms with E-state index in [2.05, 4.69) is 11.1 Å². The number of hydrogen-bond donors (Lipinski definition) is 0. The number of aromatic nitrogens is 1. The Kier molecular flexibility index (Phi) is 3.60. The molecule has 1 fully saturated rings. The predicted molar refractivity (Wildman–Crippen MR) is 63.5 cm³/mol. The van der Waals surface area contributed by atoms with Crippen LogP contribution in [-0.2, 0) is 0 Å².